The molecular weight excluding hydrogens is 308 g/mol. The molecule has 0 saturated heterocycles. The zero-order valence-corrected chi connectivity index (χ0v) is 13.9. The van der Waals surface area contributed by atoms with Crippen molar-refractivity contribution in [2.75, 3.05) is 14.2 Å². The predicted octanol–water partition coefficient (Wildman–Crippen LogP) is 2.95. The van der Waals surface area contributed by atoms with Crippen molar-refractivity contribution in [3.05, 3.63) is 53.6 Å². The normalized spacial score (nSPS) is 11.0. The summed E-state index contributed by atoms with van der Waals surface area (Å²) >= 11 is 0. The van der Waals surface area contributed by atoms with Gasteiger partial charge >= 0.3 is 0 Å². The number of carbonyl (C=O) groups is 1. The smallest absolute Gasteiger partial charge is 0.271 e. The number of hydrazone groups is 1. The molecule has 0 aliphatic heterocycles. The number of ether oxygens (including phenoxy) is 2. The molecule has 0 aliphatic carbocycles. The average molecular weight is 328 g/mol. The summed E-state index contributed by atoms with van der Waals surface area (Å²) in [6.07, 6.45) is 0.630. The lowest BCUT2D eigenvalue weighted by Gasteiger charge is -2.10. The van der Waals surface area contributed by atoms with E-state index in [1.807, 2.05) is 19.1 Å². The molecule has 0 aliphatic rings. The number of hydrogen-bond acceptors (Lipinski definition) is 5. The van der Waals surface area contributed by atoms with Crippen molar-refractivity contribution in [1.29, 1.82) is 0 Å². The van der Waals surface area contributed by atoms with Crippen LogP contribution in [-0.2, 0) is 0 Å². The van der Waals surface area contributed by atoms with E-state index in [1.54, 1.807) is 20.3 Å². The first-order valence-electron chi connectivity index (χ1n) is 7.47. The maximum Gasteiger partial charge on any atom is 0.271 e. The summed E-state index contributed by atoms with van der Waals surface area (Å²) in [6, 6.07) is 11.4. The van der Waals surface area contributed by atoms with E-state index >= 15 is 0 Å². The Morgan fingerprint density at radius 2 is 1.67 bits per heavy atom. The lowest BCUT2D eigenvalue weighted by atomic mass is 10.1. The summed E-state index contributed by atoms with van der Waals surface area (Å²) in [6.45, 7) is 1.95. The monoisotopic (exact) mass is 328 g/mol. The minimum Gasteiger partial charge on any atom is -0.508 e. The molecule has 0 spiro atoms. The van der Waals surface area contributed by atoms with Crippen molar-refractivity contribution in [2.24, 2.45) is 5.10 Å². The first kappa shape index (κ1) is 17.3. The molecule has 0 saturated carbocycles. The fraction of sp³-hybridized carbons (Fsp3) is 0.222. The molecule has 1 amide bonds. The molecular formula is C18H20N2O4. The van der Waals surface area contributed by atoms with E-state index in [4.69, 9.17) is 9.47 Å². The Balaban J connectivity index is 2.19. The minimum absolute atomic E-state index is 0.106. The molecule has 6 heteroatoms. The van der Waals surface area contributed by atoms with Crippen LogP contribution in [0.15, 0.2) is 47.6 Å². The number of hydrogen-bond donors (Lipinski definition) is 2. The van der Waals surface area contributed by atoms with Crippen LogP contribution in [0.2, 0.25) is 0 Å². The van der Waals surface area contributed by atoms with Gasteiger partial charge in [0, 0.05) is 11.1 Å². The molecule has 2 aromatic carbocycles. The van der Waals surface area contributed by atoms with Crippen LogP contribution in [0.1, 0.15) is 29.3 Å². The summed E-state index contributed by atoms with van der Waals surface area (Å²) in [5.41, 5.74) is 4.49. The van der Waals surface area contributed by atoms with Crippen molar-refractivity contribution in [2.45, 2.75) is 13.3 Å². The van der Waals surface area contributed by atoms with E-state index in [-0.39, 0.29) is 11.7 Å². The number of aromatic hydroxyl groups is 1. The van der Waals surface area contributed by atoms with E-state index < -0.39 is 0 Å². The van der Waals surface area contributed by atoms with Gasteiger partial charge < -0.3 is 14.6 Å². The van der Waals surface area contributed by atoms with Gasteiger partial charge in [-0.25, -0.2) is 5.43 Å². The van der Waals surface area contributed by atoms with E-state index in [0.717, 1.165) is 5.56 Å². The van der Waals surface area contributed by atoms with Gasteiger partial charge in [-0.3, -0.25) is 4.79 Å². The molecule has 2 rings (SSSR count). The Hall–Kier alpha value is -3.02. The second-order valence-electron chi connectivity index (χ2n) is 4.97. The molecule has 2 N–H and O–H groups in total. The maximum atomic E-state index is 12.1. The first-order chi connectivity index (χ1) is 11.6. The molecule has 6 nitrogen and oxygen atoms in total. The number of phenolic OH excluding ortho intramolecular Hbond substituents is 1. The summed E-state index contributed by atoms with van der Waals surface area (Å²) in [7, 11) is 3.14. The summed E-state index contributed by atoms with van der Waals surface area (Å²) in [5, 5.41) is 13.5. The third kappa shape index (κ3) is 4.04. The predicted molar refractivity (Wildman–Crippen MR) is 91.9 cm³/mol. The zero-order valence-electron chi connectivity index (χ0n) is 13.9. The number of phenols is 1. The van der Waals surface area contributed by atoms with E-state index in [9.17, 15) is 9.90 Å². The van der Waals surface area contributed by atoms with Crippen LogP contribution in [0.25, 0.3) is 0 Å². The number of methoxy groups -OCH3 is 2. The molecule has 2 aromatic rings. The Morgan fingerprint density at radius 3 is 2.25 bits per heavy atom. The SMILES string of the molecule is CC/C(=N\NC(=O)c1ccc(O)cc1)c1ccc(OC)c(OC)c1. The average Bonchev–Trinajstić information content (AvgIpc) is 2.62. The van der Waals surface area contributed by atoms with Gasteiger partial charge in [-0.05, 0) is 48.9 Å². The van der Waals surface area contributed by atoms with Gasteiger partial charge in [0.15, 0.2) is 11.5 Å². The second kappa shape index (κ2) is 8.01. The van der Waals surface area contributed by atoms with Gasteiger partial charge in [-0.1, -0.05) is 6.92 Å². The molecule has 0 aromatic heterocycles. The van der Waals surface area contributed by atoms with Crippen molar-refractivity contribution in [3.63, 3.8) is 0 Å². The van der Waals surface area contributed by atoms with Crippen molar-refractivity contribution < 1.29 is 19.4 Å². The molecule has 0 heterocycles. The van der Waals surface area contributed by atoms with Crippen molar-refractivity contribution in [3.8, 4) is 17.2 Å². The quantitative estimate of drug-likeness (QED) is 0.631. The van der Waals surface area contributed by atoms with E-state index in [0.29, 0.717) is 29.2 Å². The number of amides is 1. The standard InChI is InChI=1S/C18H20N2O4/c1-4-15(13-7-10-16(23-2)17(11-13)24-3)19-20-18(22)12-5-8-14(21)9-6-12/h5-11,21H,4H2,1-3H3,(H,20,22)/b19-15+. The largest absolute Gasteiger partial charge is 0.508 e. The summed E-state index contributed by atoms with van der Waals surface area (Å²) < 4.78 is 10.5. The fourth-order valence-electron chi connectivity index (χ4n) is 2.16. The summed E-state index contributed by atoms with van der Waals surface area (Å²) in [5.74, 6) is 0.988. The van der Waals surface area contributed by atoms with Crippen LogP contribution in [-0.4, -0.2) is 30.9 Å². The Morgan fingerprint density at radius 1 is 1.04 bits per heavy atom. The molecule has 0 atom stereocenters. The molecule has 0 radical (unpaired) electrons. The number of rotatable bonds is 6. The van der Waals surface area contributed by atoms with Crippen LogP contribution < -0.4 is 14.9 Å². The minimum atomic E-state index is -0.346. The number of nitrogens with zero attached hydrogens (tertiary/aromatic N) is 1. The van der Waals surface area contributed by atoms with Gasteiger partial charge in [-0.2, -0.15) is 5.10 Å². The van der Waals surface area contributed by atoms with Crippen LogP contribution >= 0.6 is 0 Å². The molecule has 0 bridgehead atoms. The molecule has 126 valence electrons. The topological polar surface area (TPSA) is 80.2 Å². The third-order valence-corrected chi connectivity index (χ3v) is 3.47. The lowest BCUT2D eigenvalue weighted by molar-refractivity contribution is 0.0955. The Bertz CT molecular complexity index is 739. The van der Waals surface area contributed by atoms with Gasteiger partial charge in [0.05, 0.1) is 19.9 Å². The van der Waals surface area contributed by atoms with Gasteiger partial charge in [0.2, 0.25) is 0 Å². The number of benzene rings is 2. The Labute approximate surface area is 140 Å². The number of carbonyl (C=O) groups excluding carboxylic acids is 1. The Kier molecular flexibility index (Phi) is 5.78. The van der Waals surface area contributed by atoms with E-state index in [2.05, 4.69) is 10.5 Å². The molecule has 0 unspecified atom stereocenters. The van der Waals surface area contributed by atoms with Gasteiger partial charge in [0.25, 0.3) is 5.91 Å². The summed E-state index contributed by atoms with van der Waals surface area (Å²) in [4.78, 5) is 12.1. The second-order valence-corrected chi connectivity index (χ2v) is 4.97. The highest BCUT2D eigenvalue weighted by Crippen LogP contribution is 2.28. The van der Waals surface area contributed by atoms with Gasteiger partial charge in [-0.15, -0.1) is 0 Å². The third-order valence-electron chi connectivity index (χ3n) is 3.47. The lowest BCUT2D eigenvalue weighted by Crippen LogP contribution is -2.19. The van der Waals surface area contributed by atoms with Crippen molar-refractivity contribution >= 4 is 11.6 Å². The molecule has 0 fully saturated rings. The van der Waals surface area contributed by atoms with E-state index in [1.165, 1.54) is 24.3 Å². The van der Waals surface area contributed by atoms with Crippen LogP contribution in [0.3, 0.4) is 0 Å². The fourth-order valence-corrected chi connectivity index (χ4v) is 2.16. The van der Waals surface area contributed by atoms with Crippen molar-refractivity contribution in [1.82, 2.24) is 5.43 Å². The highest BCUT2D eigenvalue weighted by molar-refractivity contribution is 6.02. The first-order valence-corrected chi connectivity index (χ1v) is 7.47. The van der Waals surface area contributed by atoms with Gasteiger partial charge in [0.1, 0.15) is 5.75 Å². The van der Waals surface area contributed by atoms with Crippen LogP contribution in [0.5, 0.6) is 17.2 Å². The molecule has 24 heavy (non-hydrogen) atoms. The highest BCUT2D eigenvalue weighted by atomic mass is 16.5. The number of nitrogens with one attached hydrogen (secondary N) is 1. The zero-order chi connectivity index (χ0) is 17.5. The maximum absolute atomic E-state index is 12.1. The van der Waals surface area contributed by atoms with Crippen LogP contribution in [0, 0.1) is 0 Å². The van der Waals surface area contributed by atoms with Crippen LogP contribution in [0.4, 0.5) is 0 Å². The highest BCUT2D eigenvalue weighted by Gasteiger charge is 2.10.